The maximum atomic E-state index is 12.5. The first-order chi connectivity index (χ1) is 10.7. The summed E-state index contributed by atoms with van der Waals surface area (Å²) >= 11 is 6.01. The fourth-order valence-corrected chi connectivity index (χ4v) is 3.27. The molecule has 5 nitrogen and oxygen atoms in total. The predicted molar refractivity (Wildman–Crippen MR) is 91.6 cm³/mol. The molecule has 0 bridgehead atoms. The molecule has 7 heteroatoms. The first-order valence-electron chi connectivity index (χ1n) is 6.86. The highest BCUT2D eigenvalue weighted by Gasteiger charge is 2.18. The maximum Gasteiger partial charge on any atom is 0.261 e. The lowest BCUT2D eigenvalue weighted by Gasteiger charge is -2.11. The number of sulfonamides is 1. The smallest absolute Gasteiger partial charge is 0.261 e. The van der Waals surface area contributed by atoms with Crippen molar-refractivity contribution in [1.29, 1.82) is 0 Å². The third kappa shape index (κ3) is 3.83. The standard InChI is InChI=1S/C16H17ClN2O3S/c1-10-5-7-13(9-14(10)16(20)18-3)23(21,22)19-12-6-4-11(2)15(17)8-12/h4-9,19H,1-3H3,(H,18,20). The third-order valence-electron chi connectivity index (χ3n) is 3.42. The molecule has 0 spiro atoms. The minimum atomic E-state index is -3.81. The van der Waals surface area contributed by atoms with Crippen LogP contribution in [0.4, 0.5) is 5.69 Å². The quantitative estimate of drug-likeness (QED) is 0.887. The fraction of sp³-hybridized carbons (Fsp3) is 0.188. The molecule has 2 rings (SSSR count). The summed E-state index contributed by atoms with van der Waals surface area (Å²) in [6.45, 7) is 3.57. The van der Waals surface area contributed by atoms with E-state index in [1.54, 1.807) is 31.2 Å². The highest BCUT2D eigenvalue weighted by molar-refractivity contribution is 7.92. The molecule has 0 saturated carbocycles. The van der Waals surface area contributed by atoms with E-state index >= 15 is 0 Å². The molecule has 0 unspecified atom stereocenters. The van der Waals surface area contributed by atoms with Gasteiger partial charge in [0, 0.05) is 17.6 Å². The van der Waals surface area contributed by atoms with E-state index in [1.807, 2.05) is 6.92 Å². The molecule has 0 aromatic heterocycles. The number of aryl methyl sites for hydroxylation is 2. The largest absolute Gasteiger partial charge is 0.355 e. The minimum Gasteiger partial charge on any atom is -0.355 e. The second-order valence-electron chi connectivity index (χ2n) is 5.13. The van der Waals surface area contributed by atoms with Crippen molar-refractivity contribution in [3.8, 4) is 0 Å². The Kier molecular flexibility index (Phi) is 4.97. The van der Waals surface area contributed by atoms with Crippen LogP contribution >= 0.6 is 11.6 Å². The Morgan fingerprint density at radius 2 is 1.70 bits per heavy atom. The second-order valence-corrected chi connectivity index (χ2v) is 7.21. The van der Waals surface area contributed by atoms with Crippen LogP contribution in [0.3, 0.4) is 0 Å². The summed E-state index contributed by atoms with van der Waals surface area (Å²) in [6, 6.07) is 9.31. The van der Waals surface area contributed by atoms with Crippen LogP contribution in [0.25, 0.3) is 0 Å². The van der Waals surface area contributed by atoms with E-state index in [9.17, 15) is 13.2 Å². The maximum absolute atomic E-state index is 12.5. The molecule has 1 amide bonds. The van der Waals surface area contributed by atoms with Gasteiger partial charge in [0.05, 0.1) is 10.6 Å². The second kappa shape index (κ2) is 6.60. The molecular weight excluding hydrogens is 336 g/mol. The van der Waals surface area contributed by atoms with Crippen molar-refractivity contribution in [1.82, 2.24) is 5.32 Å². The van der Waals surface area contributed by atoms with Crippen molar-refractivity contribution < 1.29 is 13.2 Å². The fourth-order valence-electron chi connectivity index (χ4n) is 2.02. The zero-order chi connectivity index (χ0) is 17.2. The molecule has 0 aliphatic carbocycles. The first-order valence-corrected chi connectivity index (χ1v) is 8.72. The molecule has 0 aliphatic rings. The van der Waals surface area contributed by atoms with Gasteiger partial charge in [-0.3, -0.25) is 9.52 Å². The van der Waals surface area contributed by atoms with Crippen molar-refractivity contribution in [3.05, 3.63) is 58.1 Å². The highest BCUT2D eigenvalue weighted by atomic mass is 35.5. The van der Waals surface area contributed by atoms with Crippen LogP contribution in [0.1, 0.15) is 21.5 Å². The lowest BCUT2D eigenvalue weighted by molar-refractivity contribution is 0.0962. The monoisotopic (exact) mass is 352 g/mol. The van der Waals surface area contributed by atoms with Gasteiger partial charge in [0.15, 0.2) is 0 Å². The number of benzene rings is 2. The number of anilines is 1. The molecular formula is C16H17ClN2O3S. The van der Waals surface area contributed by atoms with Crippen LogP contribution in [0.5, 0.6) is 0 Å². The van der Waals surface area contributed by atoms with Gasteiger partial charge in [0.1, 0.15) is 0 Å². The summed E-state index contributed by atoms with van der Waals surface area (Å²) in [4.78, 5) is 11.8. The average Bonchev–Trinajstić information content (AvgIpc) is 2.50. The zero-order valence-electron chi connectivity index (χ0n) is 13.0. The summed E-state index contributed by atoms with van der Waals surface area (Å²) in [5.74, 6) is -0.335. The Hall–Kier alpha value is -2.05. The molecule has 0 saturated heterocycles. The molecule has 0 aliphatic heterocycles. The molecule has 2 aromatic rings. The molecule has 0 heterocycles. The van der Waals surface area contributed by atoms with Crippen LogP contribution in [0, 0.1) is 13.8 Å². The van der Waals surface area contributed by atoms with E-state index < -0.39 is 10.0 Å². The molecule has 0 fully saturated rings. The van der Waals surface area contributed by atoms with Crippen molar-refractivity contribution in [2.24, 2.45) is 0 Å². The summed E-state index contributed by atoms with van der Waals surface area (Å²) in [5.41, 5.74) is 2.23. The van der Waals surface area contributed by atoms with Gasteiger partial charge in [-0.1, -0.05) is 23.7 Å². The van der Waals surface area contributed by atoms with Gasteiger partial charge < -0.3 is 5.32 Å². The van der Waals surface area contributed by atoms with Crippen LogP contribution < -0.4 is 10.0 Å². The Labute approximate surface area is 140 Å². The van der Waals surface area contributed by atoms with Crippen LogP contribution in [-0.2, 0) is 10.0 Å². The Balaban J connectivity index is 2.39. The number of nitrogens with one attached hydrogen (secondary N) is 2. The van der Waals surface area contributed by atoms with E-state index in [1.165, 1.54) is 19.2 Å². The van der Waals surface area contributed by atoms with Crippen molar-refractivity contribution >= 4 is 33.2 Å². The van der Waals surface area contributed by atoms with E-state index in [0.717, 1.165) is 5.56 Å². The van der Waals surface area contributed by atoms with Gasteiger partial charge >= 0.3 is 0 Å². The molecule has 23 heavy (non-hydrogen) atoms. The number of amides is 1. The highest BCUT2D eigenvalue weighted by Crippen LogP contribution is 2.23. The van der Waals surface area contributed by atoms with Crippen molar-refractivity contribution in [3.63, 3.8) is 0 Å². The molecule has 2 aromatic carbocycles. The van der Waals surface area contributed by atoms with E-state index in [2.05, 4.69) is 10.0 Å². The minimum absolute atomic E-state index is 0.0124. The van der Waals surface area contributed by atoms with Crippen molar-refractivity contribution in [2.45, 2.75) is 18.7 Å². The van der Waals surface area contributed by atoms with Gasteiger partial charge in [-0.05, 0) is 49.2 Å². The van der Waals surface area contributed by atoms with Gasteiger partial charge in [-0.25, -0.2) is 8.42 Å². The number of carbonyl (C=O) groups is 1. The van der Waals surface area contributed by atoms with Crippen LogP contribution in [0.15, 0.2) is 41.3 Å². The number of hydrogen-bond acceptors (Lipinski definition) is 3. The predicted octanol–water partition coefficient (Wildman–Crippen LogP) is 3.12. The average molecular weight is 353 g/mol. The Morgan fingerprint density at radius 3 is 2.30 bits per heavy atom. The molecule has 0 atom stereocenters. The third-order valence-corrected chi connectivity index (χ3v) is 5.20. The number of halogens is 1. The number of rotatable bonds is 4. The van der Waals surface area contributed by atoms with E-state index in [-0.39, 0.29) is 10.8 Å². The first kappa shape index (κ1) is 17.3. The van der Waals surface area contributed by atoms with Gasteiger partial charge in [-0.15, -0.1) is 0 Å². The van der Waals surface area contributed by atoms with Crippen LogP contribution in [-0.4, -0.2) is 21.4 Å². The summed E-state index contributed by atoms with van der Waals surface area (Å²) < 4.78 is 27.4. The topological polar surface area (TPSA) is 75.3 Å². The Bertz CT molecular complexity index is 864. The summed E-state index contributed by atoms with van der Waals surface area (Å²) in [6.07, 6.45) is 0. The van der Waals surface area contributed by atoms with E-state index in [0.29, 0.717) is 21.8 Å². The summed E-state index contributed by atoms with van der Waals surface area (Å²) in [5, 5.41) is 2.96. The van der Waals surface area contributed by atoms with Crippen LogP contribution in [0.2, 0.25) is 5.02 Å². The van der Waals surface area contributed by atoms with Gasteiger partial charge in [-0.2, -0.15) is 0 Å². The lowest BCUT2D eigenvalue weighted by atomic mass is 10.1. The molecule has 2 N–H and O–H groups in total. The number of hydrogen-bond donors (Lipinski definition) is 2. The molecule has 0 radical (unpaired) electrons. The van der Waals surface area contributed by atoms with E-state index in [4.69, 9.17) is 11.6 Å². The SMILES string of the molecule is CNC(=O)c1cc(S(=O)(=O)Nc2ccc(C)c(Cl)c2)ccc1C. The van der Waals surface area contributed by atoms with Gasteiger partial charge in [0.25, 0.3) is 15.9 Å². The normalized spacial score (nSPS) is 11.1. The van der Waals surface area contributed by atoms with Crippen molar-refractivity contribution in [2.75, 3.05) is 11.8 Å². The zero-order valence-corrected chi connectivity index (χ0v) is 14.5. The number of carbonyl (C=O) groups excluding carboxylic acids is 1. The van der Waals surface area contributed by atoms with Gasteiger partial charge in [0.2, 0.25) is 0 Å². The summed E-state index contributed by atoms with van der Waals surface area (Å²) in [7, 11) is -2.32. The Morgan fingerprint density at radius 1 is 1.04 bits per heavy atom. The molecule has 122 valence electrons. The lowest BCUT2D eigenvalue weighted by Crippen LogP contribution is -2.20.